The van der Waals surface area contributed by atoms with E-state index in [0.29, 0.717) is 54.5 Å². The average Bonchev–Trinajstić information content (AvgIpc) is 3.73. The van der Waals surface area contributed by atoms with Gasteiger partial charge in [0, 0.05) is 87.8 Å². The highest BCUT2D eigenvalue weighted by molar-refractivity contribution is 6.07. The van der Waals surface area contributed by atoms with Gasteiger partial charge in [-0.25, -0.2) is 19.7 Å². The summed E-state index contributed by atoms with van der Waals surface area (Å²) in [6.07, 6.45) is 7.24. The van der Waals surface area contributed by atoms with Crippen LogP contribution in [0, 0.1) is 0 Å². The molecule has 17 nitrogen and oxygen atoms in total. The Balaban J connectivity index is 0.689. The number of imide groups is 1. The third kappa shape index (κ3) is 9.59. The molecule has 3 aliphatic heterocycles. The van der Waals surface area contributed by atoms with Gasteiger partial charge in [-0.15, -0.1) is 0 Å². The largest absolute Gasteiger partial charge is 0.495 e. The lowest BCUT2D eigenvalue weighted by molar-refractivity contribution is -0.122. The molecule has 0 radical (unpaired) electrons. The summed E-state index contributed by atoms with van der Waals surface area (Å²) in [4.78, 5) is 72.1. The molecule has 328 valence electrons. The number of aromatic nitrogens is 4. The van der Waals surface area contributed by atoms with E-state index in [1.54, 1.807) is 24.5 Å². The molecule has 0 unspecified atom stereocenters. The van der Waals surface area contributed by atoms with Crippen molar-refractivity contribution in [3.8, 4) is 5.75 Å². The van der Waals surface area contributed by atoms with Crippen LogP contribution in [0.1, 0.15) is 54.1 Å². The lowest BCUT2D eigenvalue weighted by Gasteiger charge is -2.37. The van der Waals surface area contributed by atoms with E-state index in [-0.39, 0.29) is 48.9 Å². The number of nitrogens with one attached hydrogen (secondary N) is 3. The Morgan fingerprint density at radius 3 is 2.40 bits per heavy atom. The molecular formula is C46H53N11O6. The van der Waals surface area contributed by atoms with Gasteiger partial charge in [-0.05, 0) is 73.7 Å². The quantitative estimate of drug-likeness (QED) is 0.142. The molecule has 4 fully saturated rings. The summed E-state index contributed by atoms with van der Waals surface area (Å²) >= 11 is 0. The van der Waals surface area contributed by atoms with Crippen molar-refractivity contribution in [3.05, 3.63) is 96.6 Å². The molecule has 63 heavy (non-hydrogen) atoms. The van der Waals surface area contributed by atoms with E-state index < -0.39 is 6.03 Å². The molecule has 5 aromatic rings. The van der Waals surface area contributed by atoms with Crippen LogP contribution >= 0.6 is 0 Å². The van der Waals surface area contributed by atoms with Crippen molar-refractivity contribution in [2.24, 2.45) is 0 Å². The minimum atomic E-state index is -0.524. The first kappa shape index (κ1) is 41.7. The molecule has 5 heterocycles. The predicted octanol–water partition coefficient (Wildman–Crippen LogP) is 4.53. The lowest BCUT2D eigenvalue weighted by Crippen LogP contribution is -2.49. The Morgan fingerprint density at radius 1 is 0.873 bits per heavy atom. The van der Waals surface area contributed by atoms with E-state index in [1.807, 2.05) is 41.6 Å². The summed E-state index contributed by atoms with van der Waals surface area (Å²) in [6, 6.07) is 23.1. The van der Waals surface area contributed by atoms with Gasteiger partial charge in [0.1, 0.15) is 12.1 Å². The van der Waals surface area contributed by atoms with Gasteiger partial charge in [-0.3, -0.25) is 29.5 Å². The molecule has 1 saturated carbocycles. The second-order valence-corrected chi connectivity index (χ2v) is 16.6. The van der Waals surface area contributed by atoms with Crippen molar-refractivity contribution in [1.82, 2.24) is 40.0 Å². The monoisotopic (exact) mass is 855 g/mol. The number of fused-ring (bicyclic) bond motifs is 1. The SMILES string of the molecule is COc1ccc(C(=O)N2CCC(OCCN3CCN(c4ccc(Nc5ncnc6c5ncn6C5CC(NC(=O)Cc6ccccc6)C5)cc4)CC3)CC2)cc1N1CCC(=O)NC1=O. The van der Waals surface area contributed by atoms with Gasteiger partial charge >= 0.3 is 6.03 Å². The van der Waals surface area contributed by atoms with Gasteiger partial charge in [0.2, 0.25) is 11.8 Å². The molecule has 2 aromatic heterocycles. The summed E-state index contributed by atoms with van der Waals surface area (Å²) in [6.45, 7) is 6.62. The Morgan fingerprint density at radius 2 is 1.65 bits per heavy atom. The maximum absolute atomic E-state index is 13.5. The molecule has 4 aliphatic rings. The van der Waals surface area contributed by atoms with Crippen molar-refractivity contribution in [1.29, 1.82) is 0 Å². The van der Waals surface area contributed by atoms with Crippen molar-refractivity contribution in [2.75, 3.05) is 81.2 Å². The van der Waals surface area contributed by atoms with E-state index >= 15 is 0 Å². The number of hydrogen-bond acceptors (Lipinski definition) is 12. The maximum Gasteiger partial charge on any atom is 0.328 e. The van der Waals surface area contributed by atoms with E-state index in [2.05, 4.69) is 69.5 Å². The molecule has 3 saturated heterocycles. The number of benzene rings is 3. The zero-order valence-corrected chi connectivity index (χ0v) is 35.4. The van der Waals surface area contributed by atoms with Gasteiger partial charge in [-0.1, -0.05) is 30.3 Å². The number of carbonyl (C=O) groups is 4. The molecular weight excluding hydrogens is 803 g/mol. The molecule has 0 atom stereocenters. The number of piperidine rings is 1. The van der Waals surface area contributed by atoms with E-state index in [1.165, 1.54) is 17.7 Å². The van der Waals surface area contributed by atoms with Crippen LogP contribution in [-0.2, 0) is 20.7 Å². The summed E-state index contributed by atoms with van der Waals surface area (Å²) in [5.74, 6) is 0.736. The normalized spacial score (nSPS) is 19.7. The molecule has 1 aliphatic carbocycles. The van der Waals surface area contributed by atoms with E-state index in [0.717, 1.165) is 75.3 Å². The zero-order chi connectivity index (χ0) is 43.3. The van der Waals surface area contributed by atoms with Crippen LogP contribution in [0.2, 0.25) is 0 Å². The lowest BCUT2D eigenvalue weighted by atomic mass is 9.86. The van der Waals surface area contributed by atoms with Crippen molar-refractivity contribution in [3.63, 3.8) is 0 Å². The van der Waals surface area contributed by atoms with Crippen molar-refractivity contribution < 1.29 is 28.7 Å². The van der Waals surface area contributed by atoms with Crippen molar-refractivity contribution >= 4 is 57.8 Å². The van der Waals surface area contributed by atoms with Crippen LogP contribution in [0.5, 0.6) is 5.75 Å². The van der Waals surface area contributed by atoms with E-state index in [9.17, 15) is 19.2 Å². The van der Waals surface area contributed by atoms with Gasteiger partial charge in [0.05, 0.1) is 38.3 Å². The van der Waals surface area contributed by atoms with Crippen LogP contribution in [0.3, 0.4) is 0 Å². The van der Waals surface area contributed by atoms with Gasteiger partial charge in [0.15, 0.2) is 17.0 Å². The summed E-state index contributed by atoms with van der Waals surface area (Å²) in [7, 11) is 1.51. The number of carbonyl (C=O) groups excluding carboxylic acids is 4. The Hall–Kier alpha value is -6.59. The molecule has 17 heteroatoms. The number of methoxy groups -OCH3 is 1. The maximum atomic E-state index is 13.5. The van der Waals surface area contributed by atoms with Crippen molar-refractivity contribution in [2.45, 2.75) is 56.7 Å². The highest BCUT2D eigenvalue weighted by Crippen LogP contribution is 2.36. The van der Waals surface area contributed by atoms with Gasteiger partial charge < -0.3 is 34.5 Å². The predicted molar refractivity (Wildman–Crippen MR) is 237 cm³/mol. The number of likely N-dealkylation sites (tertiary alicyclic amines) is 1. The Labute approximate surface area is 365 Å². The highest BCUT2D eigenvalue weighted by Gasteiger charge is 2.33. The van der Waals surface area contributed by atoms with Gasteiger partial charge in [-0.2, -0.15) is 0 Å². The number of rotatable bonds is 14. The number of nitrogens with zero attached hydrogens (tertiary/aromatic N) is 8. The molecule has 9 rings (SSSR count). The highest BCUT2D eigenvalue weighted by atomic mass is 16.5. The topological polar surface area (TPSA) is 179 Å². The fourth-order valence-corrected chi connectivity index (χ4v) is 8.91. The number of hydrogen-bond donors (Lipinski definition) is 3. The molecule has 0 spiro atoms. The zero-order valence-electron chi connectivity index (χ0n) is 35.4. The van der Waals surface area contributed by atoms with Crippen LogP contribution in [0.25, 0.3) is 11.2 Å². The molecule has 5 amide bonds. The summed E-state index contributed by atoms with van der Waals surface area (Å²) in [5.41, 5.74) is 5.52. The number of piperazine rings is 1. The second kappa shape index (κ2) is 18.8. The summed E-state index contributed by atoms with van der Waals surface area (Å²) < 4.78 is 13.9. The number of anilines is 4. The number of amides is 5. The fraction of sp³-hybridized carbons (Fsp3) is 0.413. The van der Waals surface area contributed by atoms with Gasteiger partial charge in [0.25, 0.3) is 5.91 Å². The fourth-order valence-electron chi connectivity index (χ4n) is 8.91. The minimum absolute atomic E-state index is 0.0448. The van der Waals surface area contributed by atoms with Crippen LogP contribution in [0.4, 0.5) is 27.7 Å². The number of ether oxygens (including phenoxy) is 2. The minimum Gasteiger partial charge on any atom is -0.495 e. The Bertz CT molecular complexity index is 2420. The second-order valence-electron chi connectivity index (χ2n) is 16.6. The van der Waals surface area contributed by atoms with Crippen LogP contribution < -0.4 is 30.5 Å². The molecule has 0 bridgehead atoms. The van der Waals surface area contributed by atoms with Crippen LogP contribution in [-0.4, -0.2) is 131 Å². The standard InChI is InChI=1S/C46H53N11O6/c1-62-39-12-7-32(26-38(39)56-18-15-40(58)52-46(56)61)45(60)55-16-13-37(14-17-55)63-24-23-53-19-21-54(22-20-53)35-10-8-33(9-11-35)51-43-42-44(48-29-47-43)57(30-49-42)36-27-34(28-36)50-41(59)25-31-5-3-2-4-6-31/h2-12,26,29-30,34,36-37H,13-25,27-28H2,1H3,(H,50,59)(H,47,48,51)(H,52,58,61). The first-order valence-corrected chi connectivity index (χ1v) is 21.8. The average molecular weight is 856 g/mol. The van der Waals surface area contributed by atoms with E-state index in [4.69, 9.17) is 9.47 Å². The first-order chi connectivity index (χ1) is 30.8. The first-order valence-electron chi connectivity index (χ1n) is 21.8. The Kier molecular flexibility index (Phi) is 12.5. The number of urea groups is 1. The molecule has 3 aromatic carbocycles. The molecule has 3 N–H and O–H groups in total. The third-order valence-corrected chi connectivity index (χ3v) is 12.6. The third-order valence-electron chi connectivity index (χ3n) is 12.6. The van der Waals surface area contributed by atoms with Crippen LogP contribution in [0.15, 0.2) is 85.5 Å². The number of imidazole rings is 1. The summed E-state index contributed by atoms with van der Waals surface area (Å²) in [5, 5.41) is 8.94. The smallest absolute Gasteiger partial charge is 0.328 e.